The van der Waals surface area contributed by atoms with Crippen molar-refractivity contribution in [1.82, 2.24) is 5.32 Å². The van der Waals surface area contributed by atoms with Crippen molar-refractivity contribution in [3.8, 4) is 5.75 Å². The van der Waals surface area contributed by atoms with E-state index in [0.717, 1.165) is 18.5 Å². The summed E-state index contributed by atoms with van der Waals surface area (Å²) in [7, 11) is 0. The summed E-state index contributed by atoms with van der Waals surface area (Å²) in [5.41, 5.74) is 2.35. The molecule has 1 heterocycles. The zero-order valence-electron chi connectivity index (χ0n) is 7.17. The Bertz CT molecular complexity index is 296. The molecule has 1 aliphatic heterocycles. The second-order valence-electron chi connectivity index (χ2n) is 3.28. The Morgan fingerprint density at radius 2 is 2.33 bits per heavy atom. The van der Waals surface area contributed by atoms with Crippen molar-refractivity contribution in [2.75, 3.05) is 6.54 Å². The molecule has 0 saturated carbocycles. The number of fused-ring (bicyclic) bond motifs is 1. The molecule has 0 aliphatic carbocycles. The molecular formula is C10H13NO. The molecule has 0 bridgehead atoms. The zero-order chi connectivity index (χ0) is 8.55. The summed E-state index contributed by atoms with van der Waals surface area (Å²) in [5.74, 6) is 0.423. The van der Waals surface area contributed by atoms with Crippen LogP contribution >= 0.6 is 0 Å². The molecule has 1 aromatic rings. The molecule has 1 aromatic carbocycles. The fourth-order valence-electron chi connectivity index (χ4n) is 1.84. The highest BCUT2D eigenvalue weighted by Crippen LogP contribution is 2.30. The molecule has 2 nitrogen and oxygen atoms in total. The molecule has 0 radical (unpaired) electrons. The van der Waals surface area contributed by atoms with E-state index in [1.54, 1.807) is 6.07 Å². The lowest BCUT2D eigenvalue weighted by molar-refractivity contribution is 0.442. The molecule has 12 heavy (non-hydrogen) atoms. The van der Waals surface area contributed by atoms with Crippen molar-refractivity contribution >= 4 is 0 Å². The van der Waals surface area contributed by atoms with Gasteiger partial charge in [0.05, 0.1) is 0 Å². The minimum atomic E-state index is 0.287. The van der Waals surface area contributed by atoms with Crippen molar-refractivity contribution in [3.63, 3.8) is 0 Å². The van der Waals surface area contributed by atoms with Crippen LogP contribution in [-0.4, -0.2) is 11.7 Å². The van der Waals surface area contributed by atoms with Crippen molar-refractivity contribution in [1.29, 1.82) is 0 Å². The molecule has 0 fully saturated rings. The Morgan fingerprint density at radius 1 is 1.50 bits per heavy atom. The Hall–Kier alpha value is -1.02. The molecule has 1 aliphatic rings. The van der Waals surface area contributed by atoms with E-state index < -0.39 is 0 Å². The molecule has 1 atom stereocenters. The van der Waals surface area contributed by atoms with Gasteiger partial charge >= 0.3 is 0 Å². The third-order valence-electron chi connectivity index (χ3n) is 2.45. The summed E-state index contributed by atoms with van der Waals surface area (Å²) in [6.45, 7) is 3.09. The van der Waals surface area contributed by atoms with Crippen LogP contribution in [0.15, 0.2) is 18.2 Å². The molecular weight excluding hydrogens is 150 g/mol. The average Bonchev–Trinajstić information content (AvgIpc) is 2.04. The predicted molar refractivity (Wildman–Crippen MR) is 48.2 cm³/mol. The van der Waals surface area contributed by atoms with Crippen LogP contribution in [0.1, 0.15) is 24.1 Å². The quantitative estimate of drug-likeness (QED) is 0.609. The number of phenols is 1. The first-order valence-electron chi connectivity index (χ1n) is 4.33. The molecule has 0 spiro atoms. The second kappa shape index (κ2) is 2.79. The number of nitrogens with one attached hydrogen (secondary N) is 1. The fraction of sp³-hybridized carbons (Fsp3) is 0.400. The van der Waals surface area contributed by atoms with E-state index >= 15 is 0 Å². The first-order valence-corrected chi connectivity index (χ1v) is 4.33. The monoisotopic (exact) mass is 163 g/mol. The van der Waals surface area contributed by atoms with Gasteiger partial charge in [-0.2, -0.15) is 0 Å². The predicted octanol–water partition coefficient (Wildman–Crippen LogP) is 1.60. The van der Waals surface area contributed by atoms with E-state index in [9.17, 15) is 5.11 Å². The number of benzene rings is 1. The van der Waals surface area contributed by atoms with Crippen LogP contribution < -0.4 is 5.32 Å². The van der Waals surface area contributed by atoms with E-state index in [-0.39, 0.29) is 6.04 Å². The summed E-state index contributed by atoms with van der Waals surface area (Å²) < 4.78 is 0. The number of hydrogen-bond acceptors (Lipinski definition) is 2. The lowest BCUT2D eigenvalue weighted by Gasteiger charge is -2.24. The summed E-state index contributed by atoms with van der Waals surface area (Å²) in [6.07, 6.45) is 1.02. The highest BCUT2D eigenvalue weighted by atomic mass is 16.3. The molecule has 0 amide bonds. The van der Waals surface area contributed by atoms with Crippen molar-refractivity contribution in [3.05, 3.63) is 29.3 Å². The molecule has 0 aromatic heterocycles. The highest BCUT2D eigenvalue weighted by molar-refractivity contribution is 5.42. The van der Waals surface area contributed by atoms with Gasteiger partial charge in [0.15, 0.2) is 0 Å². The van der Waals surface area contributed by atoms with E-state index in [2.05, 4.69) is 18.3 Å². The van der Waals surface area contributed by atoms with Gasteiger partial charge in [-0.1, -0.05) is 12.1 Å². The van der Waals surface area contributed by atoms with Crippen LogP contribution in [0.4, 0.5) is 0 Å². The van der Waals surface area contributed by atoms with Gasteiger partial charge < -0.3 is 10.4 Å². The van der Waals surface area contributed by atoms with E-state index in [0.29, 0.717) is 5.75 Å². The average molecular weight is 163 g/mol. The van der Waals surface area contributed by atoms with Crippen LogP contribution in [0.5, 0.6) is 5.75 Å². The van der Waals surface area contributed by atoms with Gasteiger partial charge in [-0.15, -0.1) is 0 Å². The first kappa shape index (κ1) is 7.62. The topological polar surface area (TPSA) is 32.3 Å². The third-order valence-corrected chi connectivity index (χ3v) is 2.45. The number of aromatic hydroxyl groups is 1. The maximum Gasteiger partial charge on any atom is 0.120 e. The largest absolute Gasteiger partial charge is 0.508 e. The standard InChI is InChI=1S/C10H13NO/c1-7-10-8(5-6-11-7)3-2-4-9(10)12/h2-4,7,11-12H,5-6H2,1H3/t7-/m0/s1. The lowest BCUT2D eigenvalue weighted by atomic mass is 9.94. The number of phenolic OH excluding ortho intramolecular Hbond substituents is 1. The molecule has 0 unspecified atom stereocenters. The summed E-state index contributed by atoms with van der Waals surface area (Å²) >= 11 is 0. The Labute approximate surface area is 72.2 Å². The number of hydrogen-bond donors (Lipinski definition) is 2. The van der Waals surface area contributed by atoms with Gasteiger partial charge in [0.1, 0.15) is 5.75 Å². The van der Waals surface area contributed by atoms with Crippen molar-refractivity contribution in [2.45, 2.75) is 19.4 Å². The lowest BCUT2D eigenvalue weighted by Crippen LogP contribution is -2.27. The number of rotatable bonds is 0. The Balaban J connectivity index is 2.53. The SMILES string of the molecule is C[C@@H]1NCCc2cccc(O)c21. The van der Waals surface area contributed by atoms with Crippen LogP contribution in [0.3, 0.4) is 0 Å². The minimum Gasteiger partial charge on any atom is -0.508 e. The zero-order valence-corrected chi connectivity index (χ0v) is 7.17. The summed E-state index contributed by atoms with van der Waals surface area (Å²) in [5, 5.41) is 12.9. The molecule has 64 valence electrons. The van der Waals surface area contributed by atoms with E-state index in [1.165, 1.54) is 5.56 Å². The third kappa shape index (κ3) is 1.08. The first-order chi connectivity index (χ1) is 5.79. The van der Waals surface area contributed by atoms with Crippen molar-refractivity contribution < 1.29 is 5.11 Å². The van der Waals surface area contributed by atoms with Gasteiger partial charge in [-0.25, -0.2) is 0 Å². The Kier molecular flexibility index (Phi) is 1.77. The summed E-state index contributed by atoms with van der Waals surface area (Å²) in [4.78, 5) is 0. The Morgan fingerprint density at radius 3 is 3.08 bits per heavy atom. The van der Waals surface area contributed by atoms with Gasteiger partial charge in [-0.3, -0.25) is 0 Å². The van der Waals surface area contributed by atoms with Crippen molar-refractivity contribution in [2.24, 2.45) is 0 Å². The smallest absolute Gasteiger partial charge is 0.120 e. The van der Waals surface area contributed by atoms with E-state index in [4.69, 9.17) is 0 Å². The van der Waals surface area contributed by atoms with Crippen LogP contribution in [0.25, 0.3) is 0 Å². The van der Waals surface area contributed by atoms with Crippen LogP contribution in [-0.2, 0) is 6.42 Å². The minimum absolute atomic E-state index is 0.287. The van der Waals surface area contributed by atoms with Crippen LogP contribution in [0, 0.1) is 0 Å². The molecule has 2 N–H and O–H groups in total. The molecule has 0 saturated heterocycles. The van der Waals surface area contributed by atoms with Gasteiger partial charge in [0.2, 0.25) is 0 Å². The highest BCUT2D eigenvalue weighted by Gasteiger charge is 2.18. The molecule has 2 rings (SSSR count). The molecule has 2 heteroatoms. The second-order valence-corrected chi connectivity index (χ2v) is 3.28. The fourth-order valence-corrected chi connectivity index (χ4v) is 1.84. The van der Waals surface area contributed by atoms with Crippen LogP contribution in [0.2, 0.25) is 0 Å². The van der Waals surface area contributed by atoms with Gasteiger partial charge in [0.25, 0.3) is 0 Å². The maximum atomic E-state index is 9.59. The van der Waals surface area contributed by atoms with Gasteiger partial charge in [-0.05, 0) is 31.5 Å². The normalized spacial score (nSPS) is 21.9. The summed E-state index contributed by atoms with van der Waals surface area (Å²) in [6, 6.07) is 6.04. The van der Waals surface area contributed by atoms with E-state index in [1.807, 2.05) is 6.07 Å². The van der Waals surface area contributed by atoms with Gasteiger partial charge in [0, 0.05) is 11.6 Å². The maximum absolute atomic E-state index is 9.59.